The quantitative estimate of drug-likeness (QED) is 0.563. The second-order valence-corrected chi connectivity index (χ2v) is 5.66. The Labute approximate surface area is 137 Å². The van der Waals surface area contributed by atoms with Crippen LogP contribution in [0.4, 0.5) is 4.39 Å². The summed E-state index contributed by atoms with van der Waals surface area (Å²) in [5, 5.41) is 2.18. The molecule has 0 aliphatic rings. The predicted molar refractivity (Wildman–Crippen MR) is 88.4 cm³/mol. The van der Waals surface area contributed by atoms with Gasteiger partial charge in [-0.1, -0.05) is 29.3 Å². The predicted octanol–water partition coefficient (Wildman–Crippen LogP) is 5.66. The van der Waals surface area contributed by atoms with Crippen molar-refractivity contribution in [1.29, 1.82) is 0 Å². The highest BCUT2D eigenvalue weighted by molar-refractivity contribution is 6.39. The molecule has 0 radical (unpaired) electrons. The summed E-state index contributed by atoms with van der Waals surface area (Å²) >= 11 is 12.5. The van der Waals surface area contributed by atoms with Crippen molar-refractivity contribution >= 4 is 34.0 Å². The van der Waals surface area contributed by atoms with E-state index in [1.54, 1.807) is 32.2 Å². The molecule has 0 atom stereocenters. The van der Waals surface area contributed by atoms with Crippen molar-refractivity contribution in [3.63, 3.8) is 0 Å². The average Bonchev–Trinajstić information content (AvgIpc) is 2.50. The van der Waals surface area contributed by atoms with Crippen molar-refractivity contribution < 1.29 is 9.13 Å². The highest BCUT2D eigenvalue weighted by atomic mass is 35.5. The summed E-state index contributed by atoms with van der Waals surface area (Å²) in [5.41, 5.74) is 2.07. The molecule has 1 aromatic heterocycles. The third-order valence-electron chi connectivity index (χ3n) is 3.57. The van der Waals surface area contributed by atoms with Crippen LogP contribution in [-0.4, -0.2) is 12.1 Å². The van der Waals surface area contributed by atoms with Crippen molar-refractivity contribution in [1.82, 2.24) is 4.98 Å². The van der Waals surface area contributed by atoms with Gasteiger partial charge in [0.25, 0.3) is 0 Å². The summed E-state index contributed by atoms with van der Waals surface area (Å²) in [6.07, 6.45) is 0. The number of hydrogen-bond acceptors (Lipinski definition) is 2. The van der Waals surface area contributed by atoms with Crippen molar-refractivity contribution in [2.24, 2.45) is 0 Å². The SMILES string of the molecule is COc1ccc2c(-c3ccc(F)c(C)c3)c(Cl)nc(Cl)c2c1. The molecule has 3 rings (SSSR count). The second-order valence-electron chi connectivity index (χ2n) is 4.94. The zero-order chi connectivity index (χ0) is 15.9. The zero-order valence-electron chi connectivity index (χ0n) is 12.0. The topological polar surface area (TPSA) is 22.1 Å². The van der Waals surface area contributed by atoms with E-state index in [0.717, 1.165) is 21.9 Å². The van der Waals surface area contributed by atoms with Gasteiger partial charge >= 0.3 is 0 Å². The molecule has 0 aliphatic carbocycles. The van der Waals surface area contributed by atoms with Gasteiger partial charge in [-0.15, -0.1) is 0 Å². The second kappa shape index (κ2) is 5.75. The maximum Gasteiger partial charge on any atom is 0.139 e. The number of aryl methyl sites for hydroxylation is 1. The Morgan fingerprint density at radius 2 is 1.77 bits per heavy atom. The zero-order valence-corrected chi connectivity index (χ0v) is 13.5. The number of hydrogen-bond donors (Lipinski definition) is 0. The van der Waals surface area contributed by atoms with E-state index in [4.69, 9.17) is 27.9 Å². The van der Waals surface area contributed by atoms with Crippen LogP contribution < -0.4 is 4.74 Å². The van der Waals surface area contributed by atoms with Gasteiger partial charge in [-0.05, 0) is 53.8 Å². The molecule has 2 nitrogen and oxygen atoms in total. The Kier molecular flexibility index (Phi) is 3.94. The lowest BCUT2D eigenvalue weighted by atomic mass is 9.99. The first-order valence-electron chi connectivity index (χ1n) is 6.60. The molecule has 0 saturated heterocycles. The number of benzene rings is 2. The minimum Gasteiger partial charge on any atom is -0.497 e. The maximum atomic E-state index is 13.5. The average molecular weight is 336 g/mol. The van der Waals surface area contributed by atoms with Gasteiger partial charge in [0.1, 0.15) is 21.9 Å². The maximum absolute atomic E-state index is 13.5. The molecule has 0 saturated carbocycles. The highest BCUT2D eigenvalue weighted by Crippen LogP contribution is 2.38. The lowest BCUT2D eigenvalue weighted by molar-refractivity contribution is 0.415. The molecule has 0 N–H and O–H groups in total. The number of methoxy groups -OCH3 is 1. The van der Waals surface area contributed by atoms with Gasteiger partial charge in [-0.3, -0.25) is 0 Å². The molecule has 0 aliphatic heterocycles. The molecule has 0 unspecified atom stereocenters. The van der Waals surface area contributed by atoms with E-state index in [2.05, 4.69) is 4.98 Å². The summed E-state index contributed by atoms with van der Waals surface area (Å²) in [4.78, 5) is 4.19. The number of rotatable bonds is 2. The van der Waals surface area contributed by atoms with E-state index >= 15 is 0 Å². The fourth-order valence-electron chi connectivity index (χ4n) is 2.43. The molecule has 1 heterocycles. The Balaban J connectivity index is 2.35. The molecule has 0 spiro atoms. The largest absolute Gasteiger partial charge is 0.497 e. The van der Waals surface area contributed by atoms with Gasteiger partial charge in [-0.25, -0.2) is 9.37 Å². The van der Waals surface area contributed by atoms with Crippen LogP contribution in [0.15, 0.2) is 36.4 Å². The van der Waals surface area contributed by atoms with Gasteiger partial charge in [0, 0.05) is 10.9 Å². The normalized spacial score (nSPS) is 11.0. The first-order valence-corrected chi connectivity index (χ1v) is 7.36. The van der Waals surface area contributed by atoms with Gasteiger partial charge < -0.3 is 4.74 Å². The summed E-state index contributed by atoms with van der Waals surface area (Å²) < 4.78 is 18.7. The van der Waals surface area contributed by atoms with E-state index < -0.39 is 0 Å². The van der Waals surface area contributed by atoms with Crippen LogP contribution in [0.5, 0.6) is 5.75 Å². The highest BCUT2D eigenvalue weighted by Gasteiger charge is 2.15. The van der Waals surface area contributed by atoms with Crippen molar-refractivity contribution in [3.05, 3.63) is 58.1 Å². The van der Waals surface area contributed by atoms with Gasteiger partial charge in [0.05, 0.1) is 7.11 Å². The third kappa shape index (κ3) is 2.51. The summed E-state index contributed by atoms with van der Waals surface area (Å²) in [6.45, 7) is 1.71. The summed E-state index contributed by atoms with van der Waals surface area (Å²) in [7, 11) is 1.59. The monoisotopic (exact) mass is 335 g/mol. The minimum absolute atomic E-state index is 0.257. The molecule has 5 heteroatoms. The molecule has 2 aromatic carbocycles. The fraction of sp³-hybridized carbons (Fsp3) is 0.118. The van der Waals surface area contributed by atoms with Gasteiger partial charge in [0.2, 0.25) is 0 Å². The molecule has 112 valence electrons. The standard InChI is InChI=1S/C17H12Cl2FNO/c1-9-7-10(3-6-14(9)20)15-12-5-4-11(22-2)8-13(12)16(18)21-17(15)19/h3-8H,1-2H3. The summed E-state index contributed by atoms with van der Waals surface area (Å²) in [5.74, 6) is 0.424. The molecule has 0 bridgehead atoms. The molecule has 22 heavy (non-hydrogen) atoms. The Bertz CT molecular complexity index is 880. The molecular formula is C17H12Cl2FNO. The van der Waals surface area contributed by atoms with E-state index in [1.807, 2.05) is 12.1 Å². The lowest BCUT2D eigenvalue weighted by Crippen LogP contribution is -1.92. The van der Waals surface area contributed by atoms with E-state index in [1.165, 1.54) is 6.07 Å². The summed E-state index contributed by atoms with van der Waals surface area (Å²) in [6, 6.07) is 10.4. The van der Waals surface area contributed by atoms with Crippen LogP contribution in [0.1, 0.15) is 5.56 Å². The van der Waals surface area contributed by atoms with Crippen LogP contribution in [0.2, 0.25) is 10.3 Å². The fourth-order valence-corrected chi connectivity index (χ4v) is 3.01. The van der Waals surface area contributed by atoms with E-state index in [9.17, 15) is 4.39 Å². The number of fused-ring (bicyclic) bond motifs is 1. The number of halogens is 3. The minimum atomic E-state index is -0.257. The van der Waals surface area contributed by atoms with Crippen LogP contribution >= 0.6 is 23.2 Å². The van der Waals surface area contributed by atoms with Crippen LogP contribution in [0, 0.1) is 12.7 Å². The van der Waals surface area contributed by atoms with Crippen LogP contribution in [0.25, 0.3) is 21.9 Å². The Hall–Kier alpha value is -1.84. The Morgan fingerprint density at radius 3 is 2.45 bits per heavy atom. The van der Waals surface area contributed by atoms with Crippen LogP contribution in [0.3, 0.4) is 0 Å². The number of pyridine rings is 1. The Morgan fingerprint density at radius 1 is 1.00 bits per heavy atom. The molecule has 3 aromatic rings. The van der Waals surface area contributed by atoms with Crippen molar-refractivity contribution in [2.75, 3.05) is 7.11 Å². The third-order valence-corrected chi connectivity index (χ3v) is 4.13. The molecular weight excluding hydrogens is 324 g/mol. The lowest BCUT2D eigenvalue weighted by Gasteiger charge is -2.12. The van der Waals surface area contributed by atoms with Crippen molar-refractivity contribution in [2.45, 2.75) is 6.92 Å². The van der Waals surface area contributed by atoms with Crippen LogP contribution in [-0.2, 0) is 0 Å². The molecule has 0 amide bonds. The van der Waals surface area contributed by atoms with E-state index in [0.29, 0.717) is 16.5 Å². The number of nitrogens with zero attached hydrogens (tertiary/aromatic N) is 1. The first-order chi connectivity index (χ1) is 10.5. The van der Waals surface area contributed by atoms with E-state index in [-0.39, 0.29) is 11.0 Å². The molecule has 0 fully saturated rings. The van der Waals surface area contributed by atoms with Gasteiger partial charge in [0.15, 0.2) is 0 Å². The smallest absolute Gasteiger partial charge is 0.139 e. The first kappa shape index (κ1) is 15.1. The van der Waals surface area contributed by atoms with Gasteiger partial charge in [-0.2, -0.15) is 0 Å². The number of aromatic nitrogens is 1. The van der Waals surface area contributed by atoms with Crippen molar-refractivity contribution in [3.8, 4) is 16.9 Å². The number of ether oxygens (including phenoxy) is 1.